The number of piperazine rings is 1. The molecule has 2 bridgehead atoms. The van der Waals surface area contributed by atoms with Crippen LogP contribution in [0.2, 0.25) is 0 Å². The Bertz CT molecular complexity index is 859. The van der Waals surface area contributed by atoms with Crippen LogP contribution in [0, 0.1) is 11.7 Å². The van der Waals surface area contributed by atoms with Crippen LogP contribution in [-0.4, -0.2) is 53.2 Å². The van der Waals surface area contributed by atoms with Gasteiger partial charge in [-0.2, -0.15) is 4.98 Å². The maximum absolute atomic E-state index is 14.6. The summed E-state index contributed by atoms with van der Waals surface area (Å²) in [5.41, 5.74) is 0.561. The summed E-state index contributed by atoms with van der Waals surface area (Å²) in [6.45, 7) is 5.82. The molecule has 2 aromatic heterocycles. The minimum Gasteiger partial charge on any atom is -0.354 e. The maximum atomic E-state index is 14.6. The van der Waals surface area contributed by atoms with E-state index in [1.54, 1.807) is 12.4 Å². The smallest absolute Gasteiger partial charge is 0.229 e. The molecule has 152 valence electrons. The first-order chi connectivity index (χ1) is 13.6. The molecular weight excluding hydrogens is 357 g/mol. The van der Waals surface area contributed by atoms with Crippen molar-refractivity contribution in [2.45, 2.75) is 38.3 Å². The molecule has 3 saturated heterocycles. The summed E-state index contributed by atoms with van der Waals surface area (Å²) >= 11 is 0. The largest absolute Gasteiger partial charge is 0.354 e. The van der Waals surface area contributed by atoms with Gasteiger partial charge in [-0.1, -0.05) is 6.92 Å². The normalized spacial score (nSPS) is 26.7. The number of fused-ring (bicyclic) bond motifs is 2. The molecule has 3 aliphatic rings. The maximum Gasteiger partial charge on any atom is 0.229 e. The predicted molar refractivity (Wildman–Crippen MR) is 112 cm³/mol. The fourth-order valence-corrected chi connectivity index (χ4v) is 4.56. The van der Waals surface area contributed by atoms with Crippen molar-refractivity contribution >= 4 is 23.3 Å². The fourth-order valence-electron chi connectivity index (χ4n) is 4.56. The highest BCUT2D eigenvalue weighted by Crippen LogP contribution is 2.27. The van der Waals surface area contributed by atoms with Crippen LogP contribution < -0.4 is 20.4 Å². The zero-order valence-corrected chi connectivity index (χ0v) is 16.1. The van der Waals surface area contributed by atoms with Crippen LogP contribution in [0.15, 0.2) is 24.5 Å². The second-order valence-corrected chi connectivity index (χ2v) is 8.28. The van der Waals surface area contributed by atoms with Crippen LogP contribution in [0.25, 0.3) is 0 Å². The molecule has 7 nitrogen and oxygen atoms in total. The average molecular weight is 388 g/mol. The minimum atomic E-state index is -0.311. The molecule has 5 heterocycles. The van der Waals surface area contributed by atoms with Crippen molar-refractivity contribution in [3.8, 4) is 0 Å². The van der Waals surface area contributed by atoms with Gasteiger partial charge in [0.05, 0.1) is 11.9 Å². The van der Waals surface area contributed by atoms with E-state index in [1.807, 2.05) is 11.0 Å². The SMILES string of the molecule is C[C@@H]1CCN(c2ncc(Nc3nccc(N4CC5CC[C@H](C4)N5)n3)cc2F)C1.[HH].[HH]. The number of halogens is 1. The molecule has 3 aliphatic heterocycles. The van der Waals surface area contributed by atoms with E-state index >= 15 is 0 Å². The van der Waals surface area contributed by atoms with Crippen LogP contribution in [0.5, 0.6) is 0 Å². The van der Waals surface area contributed by atoms with Crippen molar-refractivity contribution < 1.29 is 7.24 Å². The first kappa shape index (κ1) is 17.6. The Morgan fingerprint density at radius 3 is 2.68 bits per heavy atom. The summed E-state index contributed by atoms with van der Waals surface area (Å²) in [5.74, 6) is 2.07. The lowest BCUT2D eigenvalue weighted by Crippen LogP contribution is -2.51. The van der Waals surface area contributed by atoms with Crippen LogP contribution >= 0.6 is 0 Å². The van der Waals surface area contributed by atoms with Gasteiger partial charge in [0.2, 0.25) is 5.95 Å². The van der Waals surface area contributed by atoms with Gasteiger partial charge in [0.1, 0.15) is 5.82 Å². The molecule has 0 spiro atoms. The molecule has 0 radical (unpaired) electrons. The third-order valence-corrected chi connectivity index (χ3v) is 5.98. The third-order valence-electron chi connectivity index (χ3n) is 5.98. The molecule has 8 heteroatoms. The number of pyridine rings is 1. The van der Waals surface area contributed by atoms with Crippen LogP contribution in [-0.2, 0) is 0 Å². The molecule has 1 unspecified atom stereocenters. The Labute approximate surface area is 167 Å². The zero-order chi connectivity index (χ0) is 19.1. The summed E-state index contributed by atoms with van der Waals surface area (Å²) in [5, 5.41) is 6.73. The average Bonchev–Trinajstić information content (AvgIpc) is 3.27. The second kappa shape index (κ2) is 7.16. The van der Waals surface area contributed by atoms with Crippen LogP contribution in [0.1, 0.15) is 29.0 Å². The van der Waals surface area contributed by atoms with Crippen LogP contribution in [0.3, 0.4) is 0 Å². The highest BCUT2D eigenvalue weighted by molar-refractivity contribution is 5.57. The van der Waals surface area contributed by atoms with Gasteiger partial charge >= 0.3 is 0 Å². The number of aromatic nitrogens is 3. The molecule has 3 atom stereocenters. The van der Waals surface area contributed by atoms with Gasteiger partial charge in [-0.25, -0.2) is 14.4 Å². The summed E-state index contributed by atoms with van der Waals surface area (Å²) in [7, 11) is 0. The first-order valence-electron chi connectivity index (χ1n) is 10.2. The van der Waals surface area contributed by atoms with Gasteiger partial charge in [0.25, 0.3) is 0 Å². The molecule has 0 aliphatic carbocycles. The molecule has 5 rings (SSSR count). The van der Waals surface area contributed by atoms with Crippen molar-refractivity contribution in [2.75, 3.05) is 41.3 Å². The Kier molecular flexibility index (Phi) is 4.50. The Balaban J connectivity index is 0.00000128. The van der Waals surface area contributed by atoms with Gasteiger partial charge in [0.15, 0.2) is 11.6 Å². The fraction of sp³-hybridized carbons (Fsp3) is 0.550. The number of nitrogens with zero attached hydrogens (tertiary/aromatic N) is 5. The van der Waals surface area contributed by atoms with Crippen LogP contribution in [0.4, 0.5) is 27.7 Å². The highest BCUT2D eigenvalue weighted by atomic mass is 19.1. The number of nitrogens with one attached hydrogen (secondary N) is 2. The molecule has 0 aromatic carbocycles. The van der Waals surface area contributed by atoms with E-state index in [1.165, 1.54) is 18.9 Å². The molecule has 0 saturated carbocycles. The predicted octanol–water partition coefficient (Wildman–Crippen LogP) is 3.03. The number of hydrogen-bond donors (Lipinski definition) is 2. The Morgan fingerprint density at radius 1 is 1.14 bits per heavy atom. The van der Waals surface area contributed by atoms with Gasteiger partial charge in [-0.3, -0.25) is 0 Å². The van der Waals surface area contributed by atoms with Gasteiger partial charge in [-0.05, 0) is 31.2 Å². The van der Waals surface area contributed by atoms with Crippen molar-refractivity contribution in [3.05, 3.63) is 30.3 Å². The standard InChI is InChI=1S/C20H26FN7.2H2/c1-13-5-7-27(10-13)19-17(21)8-16(9-23-19)25-20-22-6-4-18(26-20)28-11-14-2-3-15(12-28)24-14;;/h4,6,8-9,13-15,24H,2-3,5,7,10-12H2,1H3,(H,22,25,26);2*1H/t13-,14-,15?;;/m1../s1. The zero-order valence-electron chi connectivity index (χ0n) is 16.1. The monoisotopic (exact) mass is 387 g/mol. The molecule has 28 heavy (non-hydrogen) atoms. The third kappa shape index (κ3) is 3.48. The number of anilines is 4. The summed E-state index contributed by atoms with van der Waals surface area (Å²) in [4.78, 5) is 17.6. The van der Waals surface area contributed by atoms with E-state index in [9.17, 15) is 4.39 Å². The summed E-state index contributed by atoms with van der Waals surface area (Å²) in [6, 6.07) is 4.51. The van der Waals surface area contributed by atoms with Gasteiger partial charge < -0.3 is 20.4 Å². The van der Waals surface area contributed by atoms with Gasteiger partial charge in [-0.15, -0.1) is 0 Å². The van der Waals surface area contributed by atoms with Crippen molar-refractivity contribution in [3.63, 3.8) is 0 Å². The van der Waals surface area contributed by atoms with E-state index in [-0.39, 0.29) is 8.67 Å². The lowest BCUT2D eigenvalue weighted by Gasteiger charge is -2.33. The first-order valence-corrected chi connectivity index (χ1v) is 10.2. The molecule has 2 aromatic rings. The quantitative estimate of drug-likeness (QED) is 0.836. The van der Waals surface area contributed by atoms with Gasteiger partial charge in [0, 0.05) is 53.4 Å². The molecule has 2 N–H and O–H groups in total. The van der Waals surface area contributed by atoms with Crippen molar-refractivity contribution in [1.29, 1.82) is 0 Å². The summed E-state index contributed by atoms with van der Waals surface area (Å²) < 4.78 is 14.6. The Hall–Kier alpha value is -2.48. The lowest BCUT2D eigenvalue weighted by atomic mass is 10.2. The minimum absolute atomic E-state index is 0. The lowest BCUT2D eigenvalue weighted by molar-refractivity contribution is 0.463. The summed E-state index contributed by atoms with van der Waals surface area (Å²) in [6.07, 6.45) is 6.94. The van der Waals surface area contributed by atoms with Crippen molar-refractivity contribution in [2.24, 2.45) is 5.92 Å². The van der Waals surface area contributed by atoms with E-state index in [4.69, 9.17) is 0 Å². The van der Waals surface area contributed by atoms with E-state index in [0.29, 0.717) is 35.5 Å². The topological polar surface area (TPSA) is 69.2 Å². The second-order valence-electron chi connectivity index (χ2n) is 8.28. The highest BCUT2D eigenvalue weighted by Gasteiger charge is 2.32. The van der Waals surface area contributed by atoms with Crippen molar-refractivity contribution in [1.82, 2.24) is 20.3 Å². The molecule has 3 fully saturated rings. The van der Waals surface area contributed by atoms with E-state index in [2.05, 4.69) is 37.4 Å². The molecule has 0 amide bonds. The number of rotatable bonds is 4. The van der Waals surface area contributed by atoms with E-state index in [0.717, 1.165) is 38.4 Å². The van der Waals surface area contributed by atoms with E-state index < -0.39 is 0 Å². The molecular formula is C20H30FN7. The Morgan fingerprint density at radius 2 is 1.96 bits per heavy atom. The number of hydrogen-bond acceptors (Lipinski definition) is 7.